The molecule has 2 N–H and O–H groups in total. The van der Waals surface area contributed by atoms with Gasteiger partial charge in [-0.05, 0) is 6.07 Å². The molecule has 0 radical (unpaired) electrons. The molecule has 17 heavy (non-hydrogen) atoms. The SMILES string of the molecule is CN(Cc1ccccc1F)c1cc(N)ncn1. The summed E-state index contributed by atoms with van der Waals surface area (Å²) in [5.41, 5.74) is 6.19. The van der Waals surface area contributed by atoms with Gasteiger partial charge < -0.3 is 10.6 Å². The van der Waals surface area contributed by atoms with E-state index < -0.39 is 0 Å². The van der Waals surface area contributed by atoms with Crippen molar-refractivity contribution >= 4 is 11.6 Å². The van der Waals surface area contributed by atoms with Gasteiger partial charge in [0.15, 0.2) is 0 Å². The van der Waals surface area contributed by atoms with Crippen LogP contribution in [0.5, 0.6) is 0 Å². The van der Waals surface area contributed by atoms with Crippen molar-refractivity contribution in [3.05, 3.63) is 48.0 Å². The third-order valence-electron chi connectivity index (χ3n) is 2.43. The molecule has 0 atom stereocenters. The second kappa shape index (κ2) is 4.78. The van der Waals surface area contributed by atoms with Crippen molar-refractivity contribution in [2.45, 2.75) is 6.54 Å². The van der Waals surface area contributed by atoms with E-state index in [1.54, 1.807) is 24.3 Å². The van der Waals surface area contributed by atoms with E-state index in [4.69, 9.17) is 5.73 Å². The van der Waals surface area contributed by atoms with Crippen molar-refractivity contribution in [1.29, 1.82) is 0 Å². The summed E-state index contributed by atoms with van der Waals surface area (Å²) in [4.78, 5) is 9.71. The van der Waals surface area contributed by atoms with E-state index in [1.807, 2.05) is 11.9 Å². The van der Waals surface area contributed by atoms with E-state index in [0.717, 1.165) is 0 Å². The number of aromatic nitrogens is 2. The van der Waals surface area contributed by atoms with Gasteiger partial charge in [0.1, 0.15) is 23.8 Å². The topological polar surface area (TPSA) is 55.0 Å². The molecule has 0 aliphatic carbocycles. The number of nitrogens with two attached hydrogens (primary N) is 1. The molecule has 4 nitrogen and oxygen atoms in total. The molecule has 0 aliphatic rings. The second-order valence-electron chi connectivity index (χ2n) is 3.75. The summed E-state index contributed by atoms with van der Waals surface area (Å²) in [6.45, 7) is 0.434. The zero-order valence-corrected chi connectivity index (χ0v) is 9.47. The van der Waals surface area contributed by atoms with Gasteiger partial charge in [0, 0.05) is 25.2 Å². The zero-order chi connectivity index (χ0) is 12.3. The van der Waals surface area contributed by atoms with Crippen LogP contribution in [-0.2, 0) is 6.54 Å². The summed E-state index contributed by atoms with van der Waals surface area (Å²) in [6.07, 6.45) is 1.39. The molecule has 0 saturated heterocycles. The Morgan fingerprint density at radius 2 is 2.06 bits per heavy atom. The van der Waals surface area contributed by atoms with Crippen LogP contribution in [0.15, 0.2) is 36.7 Å². The molecule has 2 rings (SSSR count). The predicted molar refractivity (Wildman–Crippen MR) is 65.0 cm³/mol. The largest absolute Gasteiger partial charge is 0.384 e. The van der Waals surface area contributed by atoms with Crippen molar-refractivity contribution < 1.29 is 4.39 Å². The van der Waals surface area contributed by atoms with Crippen LogP contribution in [0.2, 0.25) is 0 Å². The van der Waals surface area contributed by atoms with Gasteiger partial charge in [-0.2, -0.15) is 0 Å². The Morgan fingerprint density at radius 3 is 2.76 bits per heavy atom. The van der Waals surface area contributed by atoms with Gasteiger partial charge in [-0.1, -0.05) is 18.2 Å². The number of nitrogens with zero attached hydrogens (tertiary/aromatic N) is 3. The van der Waals surface area contributed by atoms with Crippen LogP contribution in [0.4, 0.5) is 16.0 Å². The summed E-state index contributed by atoms with van der Waals surface area (Å²) in [6, 6.07) is 8.32. The average molecular weight is 232 g/mol. The minimum Gasteiger partial charge on any atom is -0.384 e. The Bertz CT molecular complexity index is 515. The summed E-state index contributed by atoms with van der Waals surface area (Å²) in [5, 5.41) is 0. The minimum absolute atomic E-state index is 0.221. The summed E-state index contributed by atoms with van der Waals surface area (Å²) in [5.74, 6) is 0.845. The van der Waals surface area contributed by atoms with E-state index in [9.17, 15) is 4.39 Å². The maximum Gasteiger partial charge on any atom is 0.134 e. The fourth-order valence-corrected chi connectivity index (χ4v) is 1.53. The Labute approximate surface area is 98.9 Å². The van der Waals surface area contributed by atoms with Crippen LogP contribution in [0.1, 0.15) is 5.56 Å². The van der Waals surface area contributed by atoms with E-state index in [1.165, 1.54) is 12.4 Å². The van der Waals surface area contributed by atoms with Gasteiger partial charge in [0.05, 0.1) is 0 Å². The maximum atomic E-state index is 13.5. The molecule has 1 heterocycles. The Morgan fingerprint density at radius 1 is 1.29 bits per heavy atom. The van der Waals surface area contributed by atoms with Crippen LogP contribution in [0, 0.1) is 5.82 Å². The molecule has 0 unspecified atom stereocenters. The quantitative estimate of drug-likeness (QED) is 0.877. The Kier molecular flexibility index (Phi) is 3.18. The highest BCUT2D eigenvalue weighted by molar-refractivity contribution is 5.45. The zero-order valence-electron chi connectivity index (χ0n) is 9.47. The van der Waals surface area contributed by atoms with Gasteiger partial charge >= 0.3 is 0 Å². The number of rotatable bonds is 3. The lowest BCUT2D eigenvalue weighted by molar-refractivity contribution is 0.607. The first-order chi connectivity index (χ1) is 8.16. The van der Waals surface area contributed by atoms with Gasteiger partial charge in [0.25, 0.3) is 0 Å². The van der Waals surface area contributed by atoms with Crippen molar-refractivity contribution in [2.75, 3.05) is 17.7 Å². The molecule has 88 valence electrons. The lowest BCUT2D eigenvalue weighted by Crippen LogP contribution is -2.18. The van der Waals surface area contributed by atoms with Crippen LogP contribution in [-0.4, -0.2) is 17.0 Å². The van der Waals surface area contributed by atoms with Crippen LogP contribution in [0.3, 0.4) is 0 Å². The molecule has 1 aromatic carbocycles. The molecular weight excluding hydrogens is 219 g/mol. The van der Waals surface area contributed by atoms with Gasteiger partial charge in [-0.25, -0.2) is 14.4 Å². The van der Waals surface area contributed by atoms with E-state index in [2.05, 4.69) is 9.97 Å². The van der Waals surface area contributed by atoms with Crippen LogP contribution >= 0.6 is 0 Å². The van der Waals surface area contributed by atoms with Crippen LogP contribution < -0.4 is 10.6 Å². The maximum absolute atomic E-state index is 13.5. The molecule has 0 saturated carbocycles. The van der Waals surface area contributed by atoms with Gasteiger partial charge in [0.2, 0.25) is 0 Å². The number of hydrogen-bond donors (Lipinski definition) is 1. The van der Waals surface area contributed by atoms with E-state index >= 15 is 0 Å². The molecule has 0 bridgehead atoms. The average Bonchev–Trinajstić information content (AvgIpc) is 2.32. The molecule has 0 spiro atoms. The highest BCUT2D eigenvalue weighted by Gasteiger charge is 2.07. The molecule has 2 aromatic rings. The number of nitrogen functional groups attached to an aromatic ring is 1. The highest BCUT2D eigenvalue weighted by Crippen LogP contribution is 2.15. The first-order valence-corrected chi connectivity index (χ1v) is 5.19. The molecule has 1 aromatic heterocycles. The molecule has 0 amide bonds. The Hall–Kier alpha value is -2.17. The third kappa shape index (κ3) is 2.69. The van der Waals surface area contributed by atoms with E-state index in [0.29, 0.717) is 23.7 Å². The monoisotopic (exact) mass is 232 g/mol. The predicted octanol–water partition coefficient (Wildman–Crippen LogP) is 1.83. The minimum atomic E-state index is -0.221. The van der Waals surface area contributed by atoms with Crippen molar-refractivity contribution in [2.24, 2.45) is 0 Å². The fourth-order valence-electron chi connectivity index (χ4n) is 1.53. The fraction of sp³-hybridized carbons (Fsp3) is 0.167. The molecular formula is C12H13FN4. The second-order valence-corrected chi connectivity index (χ2v) is 3.75. The van der Waals surface area contributed by atoms with Crippen molar-refractivity contribution in [1.82, 2.24) is 9.97 Å². The first-order valence-electron chi connectivity index (χ1n) is 5.19. The number of benzene rings is 1. The highest BCUT2D eigenvalue weighted by atomic mass is 19.1. The number of hydrogen-bond acceptors (Lipinski definition) is 4. The summed E-state index contributed by atoms with van der Waals surface area (Å²) < 4.78 is 13.5. The van der Waals surface area contributed by atoms with Gasteiger partial charge in [-0.3, -0.25) is 0 Å². The lowest BCUT2D eigenvalue weighted by atomic mass is 10.2. The van der Waals surface area contributed by atoms with Crippen molar-refractivity contribution in [3.8, 4) is 0 Å². The summed E-state index contributed by atoms with van der Waals surface area (Å²) >= 11 is 0. The molecule has 5 heteroatoms. The third-order valence-corrected chi connectivity index (χ3v) is 2.43. The van der Waals surface area contributed by atoms with Crippen LogP contribution in [0.25, 0.3) is 0 Å². The van der Waals surface area contributed by atoms with Crippen molar-refractivity contribution in [3.63, 3.8) is 0 Å². The van der Waals surface area contributed by atoms with Gasteiger partial charge in [-0.15, -0.1) is 0 Å². The normalized spacial score (nSPS) is 10.2. The smallest absolute Gasteiger partial charge is 0.134 e. The standard InChI is InChI=1S/C12H13FN4/c1-17(12-6-11(14)15-8-16-12)7-9-4-2-3-5-10(9)13/h2-6,8H,7H2,1H3,(H2,14,15,16). The van der Waals surface area contributed by atoms with E-state index in [-0.39, 0.29) is 5.82 Å². The summed E-state index contributed by atoms with van der Waals surface area (Å²) in [7, 11) is 1.83. The Balaban J connectivity index is 2.17. The number of halogens is 1. The first kappa shape index (κ1) is 11.3. The molecule has 0 aliphatic heterocycles. The number of anilines is 2. The molecule has 0 fully saturated rings. The lowest BCUT2D eigenvalue weighted by Gasteiger charge is -2.18.